The molecule has 3 heterocycles. The molecule has 1 aliphatic heterocycles. The van der Waals surface area contributed by atoms with E-state index >= 15 is 0 Å². The smallest absolute Gasteiger partial charge is 0.251 e. The molecule has 0 atom stereocenters. The van der Waals surface area contributed by atoms with Gasteiger partial charge >= 0.3 is 0 Å². The van der Waals surface area contributed by atoms with Crippen molar-refractivity contribution in [3.8, 4) is 5.75 Å². The van der Waals surface area contributed by atoms with Crippen molar-refractivity contribution in [2.45, 2.75) is 13.2 Å². The van der Waals surface area contributed by atoms with Crippen LogP contribution in [-0.4, -0.2) is 62.7 Å². The summed E-state index contributed by atoms with van der Waals surface area (Å²) in [5.41, 5.74) is 5.02. The van der Waals surface area contributed by atoms with Gasteiger partial charge in [-0.15, -0.1) is 0 Å². The Morgan fingerprint density at radius 1 is 0.974 bits per heavy atom. The number of aromatic nitrogens is 4. The van der Waals surface area contributed by atoms with E-state index in [0.29, 0.717) is 18.7 Å². The topological polar surface area (TPSA) is 96.4 Å². The maximum Gasteiger partial charge on any atom is 0.251 e. The van der Waals surface area contributed by atoms with Gasteiger partial charge in [-0.05, 0) is 49.0 Å². The summed E-state index contributed by atoms with van der Waals surface area (Å²) in [5.74, 6) is 1.51. The van der Waals surface area contributed by atoms with Crippen LogP contribution in [0.2, 0.25) is 0 Å². The van der Waals surface area contributed by atoms with Gasteiger partial charge in [0.2, 0.25) is 0 Å². The molecule has 3 aromatic carbocycles. The van der Waals surface area contributed by atoms with Crippen molar-refractivity contribution < 1.29 is 9.53 Å². The van der Waals surface area contributed by atoms with Gasteiger partial charge < -0.3 is 19.9 Å². The lowest BCUT2D eigenvalue weighted by molar-refractivity contribution is 0.0951. The van der Waals surface area contributed by atoms with Crippen LogP contribution in [0.3, 0.4) is 0 Å². The van der Waals surface area contributed by atoms with E-state index in [2.05, 4.69) is 40.9 Å². The lowest BCUT2D eigenvalue weighted by atomic mass is 10.1. The van der Waals surface area contributed by atoms with Crippen LogP contribution in [-0.2, 0) is 13.2 Å². The summed E-state index contributed by atoms with van der Waals surface area (Å²) >= 11 is 1.20. The zero-order chi connectivity index (χ0) is 25.9. The Kier molecular flexibility index (Phi) is 6.80. The molecule has 0 bridgehead atoms. The Morgan fingerprint density at radius 2 is 1.84 bits per heavy atom. The van der Waals surface area contributed by atoms with E-state index in [4.69, 9.17) is 4.74 Å². The highest BCUT2D eigenvalue weighted by atomic mass is 32.1. The first kappa shape index (κ1) is 24.2. The molecule has 1 saturated heterocycles. The summed E-state index contributed by atoms with van der Waals surface area (Å²) in [4.78, 5) is 26.5. The minimum Gasteiger partial charge on any atom is -0.489 e. The number of hydrogen-bond donors (Lipinski definition) is 1. The molecule has 0 saturated carbocycles. The number of hydrogen-bond acceptors (Lipinski definition) is 9. The van der Waals surface area contributed by atoms with Crippen LogP contribution in [0.1, 0.15) is 21.5 Å². The molecule has 0 aliphatic carbocycles. The van der Waals surface area contributed by atoms with Crippen LogP contribution in [0.4, 0.5) is 5.82 Å². The Labute approximate surface area is 224 Å². The number of likely N-dealkylation sites (N-methyl/N-ethyl adjacent to an activating group) is 1. The van der Waals surface area contributed by atoms with Crippen molar-refractivity contribution in [1.29, 1.82) is 0 Å². The van der Waals surface area contributed by atoms with Crippen molar-refractivity contribution in [2.75, 3.05) is 38.1 Å². The number of fused-ring (bicyclic) bond motifs is 2. The second-order valence-corrected chi connectivity index (χ2v) is 9.92. The number of rotatable bonds is 7. The fraction of sp³-hybridized carbons (Fsp3) is 0.250. The summed E-state index contributed by atoms with van der Waals surface area (Å²) in [6.45, 7) is 4.62. The summed E-state index contributed by atoms with van der Waals surface area (Å²) in [5, 5.41) is 3.97. The van der Waals surface area contributed by atoms with Gasteiger partial charge in [-0.1, -0.05) is 24.3 Å². The third-order valence-electron chi connectivity index (χ3n) is 6.80. The van der Waals surface area contributed by atoms with E-state index in [1.807, 2.05) is 60.7 Å². The number of nitrogens with one attached hydrogen (secondary N) is 1. The zero-order valence-electron chi connectivity index (χ0n) is 21.0. The minimum absolute atomic E-state index is 0.152. The largest absolute Gasteiger partial charge is 0.489 e. The van der Waals surface area contributed by atoms with E-state index in [1.165, 1.54) is 11.7 Å². The van der Waals surface area contributed by atoms with Gasteiger partial charge in [-0.2, -0.15) is 8.75 Å². The van der Waals surface area contributed by atoms with E-state index in [9.17, 15) is 4.79 Å². The summed E-state index contributed by atoms with van der Waals surface area (Å²) in [7, 11) is 2.13. The fourth-order valence-corrected chi connectivity index (χ4v) is 5.19. The Hall–Kier alpha value is -4.15. The van der Waals surface area contributed by atoms with Crippen molar-refractivity contribution in [3.63, 3.8) is 0 Å². The predicted molar refractivity (Wildman–Crippen MR) is 149 cm³/mol. The van der Waals surface area contributed by atoms with Crippen LogP contribution in [0.5, 0.6) is 5.75 Å². The number of anilines is 1. The molecular weight excluding hydrogens is 498 g/mol. The quantitative estimate of drug-likeness (QED) is 0.342. The predicted octanol–water partition coefficient (Wildman–Crippen LogP) is 3.90. The van der Waals surface area contributed by atoms with Crippen LogP contribution in [0.15, 0.2) is 67.0 Å². The summed E-state index contributed by atoms with van der Waals surface area (Å²) in [6, 6.07) is 19.3. The molecule has 192 valence electrons. The number of piperazine rings is 1. The minimum atomic E-state index is -0.152. The highest BCUT2D eigenvalue weighted by Gasteiger charge is 2.18. The Bertz CT molecular complexity index is 1600. The van der Waals surface area contributed by atoms with Crippen molar-refractivity contribution >= 4 is 45.4 Å². The number of benzene rings is 3. The van der Waals surface area contributed by atoms with Crippen LogP contribution < -0.4 is 15.0 Å². The molecule has 1 aliphatic rings. The molecule has 0 radical (unpaired) electrons. The first-order chi connectivity index (χ1) is 18.6. The van der Waals surface area contributed by atoms with Gasteiger partial charge in [0, 0.05) is 49.2 Å². The first-order valence-corrected chi connectivity index (χ1v) is 13.3. The van der Waals surface area contributed by atoms with Crippen LogP contribution in [0, 0.1) is 0 Å². The Balaban J connectivity index is 1.10. The highest BCUT2D eigenvalue weighted by Crippen LogP contribution is 2.25. The number of carbonyl (C=O) groups excluding carboxylic acids is 1. The van der Waals surface area contributed by atoms with Crippen molar-refractivity contribution in [1.82, 2.24) is 28.9 Å². The van der Waals surface area contributed by atoms with Gasteiger partial charge in [0.1, 0.15) is 35.5 Å². The van der Waals surface area contributed by atoms with E-state index < -0.39 is 0 Å². The first-order valence-electron chi connectivity index (χ1n) is 12.5. The number of carbonyl (C=O) groups is 1. The van der Waals surface area contributed by atoms with Gasteiger partial charge in [-0.25, -0.2) is 9.97 Å². The molecular formula is C28H27N7O2S. The second-order valence-electron chi connectivity index (χ2n) is 9.39. The summed E-state index contributed by atoms with van der Waals surface area (Å²) in [6.07, 6.45) is 1.58. The molecule has 1 amide bonds. The third kappa shape index (κ3) is 5.13. The molecule has 5 aromatic rings. The van der Waals surface area contributed by atoms with Gasteiger partial charge in [0.05, 0.1) is 17.2 Å². The van der Waals surface area contributed by atoms with E-state index in [-0.39, 0.29) is 5.91 Å². The molecule has 6 rings (SSSR count). The van der Waals surface area contributed by atoms with E-state index in [1.54, 1.807) is 6.33 Å². The standard InChI is InChI=1S/C28H27N7O2S/c1-34-10-12-35(13-11-34)27-23-9-8-20(15-25(23)30-18-31-27)28(36)29-16-19-4-2-6-22(14-19)37-17-21-5-3-7-24-26(21)33-38-32-24/h2-9,14-15,18H,10-13,16-17H2,1H3,(H,29,36). The average molecular weight is 526 g/mol. The van der Waals surface area contributed by atoms with E-state index in [0.717, 1.165) is 70.8 Å². The molecule has 2 aromatic heterocycles. The van der Waals surface area contributed by atoms with Crippen molar-refractivity contribution in [3.05, 3.63) is 83.7 Å². The van der Waals surface area contributed by atoms with Gasteiger partial charge in [0.15, 0.2) is 0 Å². The number of ether oxygens (including phenoxy) is 1. The van der Waals surface area contributed by atoms with Crippen LogP contribution in [0.25, 0.3) is 21.9 Å². The maximum atomic E-state index is 13.0. The highest BCUT2D eigenvalue weighted by molar-refractivity contribution is 7.00. The average Bonchev–Trinajstić information content (AvgIpc) is 3.45. The molecule has 1 fully saturated rings. The molecule has 9 nitrogen and oxygen atoms in total. The number of amides is 1. The molecule has 10 heteroatoms. The van der Waals surface area contributed by atoms with Gasteiger partial charge in [-0.3, -0.25) is 4.79 Å². The monoisotopic (exact) mass is 525 g/mol. The Morgan fingerprint density at radius 3 is 2.74 bits per heavy atom. The number of nitrogens with zero attached hydrogens (tertiary/aromatic N) is 6. The lowest BCUT2D eigenvalue weighted by Crippen LogP contribution is -2.44. The maximum absolute atomic E-state index is 13.0. The van der Waals surface area contributed by atoms with Crippen LogP contribution >= 0.6 is 11.7 Å². The summed E-state index contributed by atoms with van der Waals surface area (Å²) < 4.78 is 14.7. The third-order valence-corrected chi connectivity index (χ3v) is 7.34. The molecule has 38 heavy (non-hydrogen) atoms. The zero-order valence-corrected chi connectivity index (χ0v) is 21.8. The normalized spacial score (nSPS) is 14.2. The second kappa shape index (κ2) is 10.7. The molecule has 0 spiro atoms. The van der Waals surface area contributed by atoms with Gasteiger partial charge in [0.25, 0.3) is 5.91 Å². The molecule has 1 N–H and O–H groups in total. The fourth-order valence-electron chi connectivity index (χ4n) is 4.62. The lowest BCUT2D eigenvalue weighted by Gasteiger charge is -2.33. The molecule has 0 unspecified atom stereocenters. The van der Waals surface area contributed by atoms with Crippen molar-refractivity contribution in [2.24, 2.45) is 0 Å². The SMILES string of the molecule is CN1CCN(c2ncnc3cc(C(=O)NCc4cccc(OCc5cccc6nsnc56)c4)ccc23)CC1.